The fourth-order valence-corrected chi connectivity index (χ4v) is 3.31. The average Bonchev–Trinajstić information content (AvgIpc) is 2.89. The van der Waals surface area contributed by atoms with Crippen LogP contribution in [0.2, 0.25) is 0 Å². The summed E-state index contributed by atoms with van der Waals surface area (Å²) in [6.45, 7) is 0.750. The topological polar surface area (TPSA) is 26.3 Å². The van der Waals surface area contributed by atoms with Crippen molar-refractivity contribution in [1.82, 2.24) is 0 Å². The second-order valence-electron chi connectivity index (χ2n) is 4.55. The van der Waals surface area contributed by atoms with E-state index < -0.39 is 0 Å². The average molecular weight is 270 g/mol. The van der Waals surface area contributed by atoms with E-state index in [1.54, 1.807) is 11.8 Å². The van der Waals surface area contributed by atoms with Gasteiger partial charge in [0, 0.05) is 27.7 Å². The predicted molar refractivity (Wildman–Crippen MR) is 77.2 cm³/mol. The molecule has 2 aromatic rings. The molecule has 2 aromatic carbocycles. The Morgan fingerprint density at radius 1 is 1.21 bits per heavy atom. The quantitative estimate of drug-likeness (QED) is 0.625. The SMILES string of the molecule is O=Cc1cccc(SCC2COc3ccccc32)c1. The van der Waals surface area contributed by atoms with Gasteiger partial charge in [-0.3, -0.25) is 4.79 Å². The van der Waals surface area contributed by atoms with E-state index in [1.807, 2.05) is 36.4 Å². The van der Waals surface area contributed by atoms with Crippen molar-refractivity contribution in [2.45, 2.75) is 10.8 Å². The highest BCUT2D eigenvalue weighted by Crippen LogP contribution is 2.36. The smallest absolute Gasteiger partial charge is 0.150 e. The molecule has 2 nitrogen and oxygen atoms in total. The zero-order chi connectivity index (χ0) is 13.1. The predicted octanol–water partition coefficient (Wildman–Crippen LogP) is 3.77. The lowest BCUT2D eigenvalue weighted by Crippen LogP contribution is -2.03. The molecule has 0 fully saturated rings. The molecule has 0 saturated heterocycles. The normalized spacial score (nSPS) is 16.7. The van der Waals surface area contributed by atoms with Crippen LogP contribution in [0.25, 0.3) is 0 Å². The largest absolute Gasteiger partial charge is 0.493 e. The van der Waals surface area contributed by atoms with E-state index in [9.17, 15) is 4.79 Å². The molecule has 0 aromatic heterocycles. The maximum atomic E-state index is 10.8. The van der Waals surface area contributed by atoms with Crippen LogP contribution in [0.4, 0.5) is 0 Å². The van der Waals surface area contributed by atoms with Crippen molar-refractivity contribution in [3.8, 4) is 5.75 Å². The van der Waals surface area contributed by atoms with Crippen molar-refractivity contribution in [2.24, 2.45) is 0 Å². The molecule has 96 valence electrons. The van der Waals surface area contributed by atoms with Crippen molar-refractivity contribution in [2.75, 3.05) is 12.4 Å². The molecule has 0 amide bonds. The summed E-state index contributed by atoms with van der Waals surface area (Å²) in [6.07, 6.45) is 0.887. The Bertz CT molecular complexity index is 595. The Labute approximate surface area is 116 Å². The second kappa shape index (κ2) is 5.49. The van der Waals surface area contributed by atoms with Gasteiger partial charge in [0.1, 0.15) is 12.0 Å². The molecule has 0 aliphatic carbocycles. The molecular formula is C16H14O2S. The lowest BCUT2D eigenvalue weighted by molar-refractivity contribution is 0.112. The first kappa shape index (κ1) is 12.3. The number of hydrogen-bond acceptors (Lipinski definition) is 3. The molecule has 3 rings (SSSR count). The maximum Gasteiger partial charge on any atom is 0.150 e. The van der Waals surface area contributed by atoms with Gasteiger partial charge in [0.25, 0.3) is 0 Å². The second-order valence-corrected chi connectivity index (χ2v) is 5.64. The molecule has 0 bridgehead atoms. The summed E-state index contributed by atoms with van der Waals surface area (Å²) in [5.41, 5.74) is 2.02. The summed E-state index contributed by atoms with van der Waals surface area (Å²) in [7, 11) is 0. The molecule has 1 heterocycles. The number of hydrogen-bond donors (Lipinski definition) is 0. The molecular weight excluding hydrogens is 256 g/mol. The maximum absolute atomic E-state index is 10.8. The molecule has 0 N–H and O–H groups in total. The molecule has 0 radical (unpaired) electrons. The third-order valence-electron chi connectivity index (χ3n) is 3.24. The first-order valence-corrected chi connectivity index (χ1v) is 7.25. The molecule has 1 aliphatic rings. The number of benzene rings is 2. The highest BCUT2D eigenvalue weighted by Gasteiger charge is 2.23. The van der Waals surface area contributed by atoms with Gasteiger partial charge in [0.05, 0.1) is 6.61 Å². The molecule has 1 unspecified atom stereocenters. The van der Waals surface area contributed by atoms with Crippen LogP contribution in [0.15, 0.2) is 53.4 Å². The van der Waals surface area contributed by atoms with Crippen LogP contribution in [0.3, 0.4) is 0 Å². The van der Waals surface area contributed by atoms with E-state index in [1.165, 1.54) is 5.56 Å². The van der Waals surface area contributed by atoms with Crippen molar-refractivity contribution < 1.29 is 9.53 Å². The molecule has 1 aliphatic heterocycles. The fraction of sp³-hybridized carbons (Fsp3) is 0.188. The highest BCUT2D eigenvalue weighted by molar-refractivity contribution is 7.99. The van der Waals surface area contributed by atoms with Crippen LogP contribution in [0.1, 0.15) is 21.8 Å². The van der Waals surface area contributed by atoms with E-state index in [0.717, 1.165) is 34.9 Å². The van der Waals surface area contributed by atoms with Crippen molar-refractivity contribution in [1.29, 1.82) is 0 Å². The first-order chi connectivity index (χ1) is 9.36. The minimum atomic E-state index is 0.432. The van der Waals surface area contributed by atoms with Crippen LogP contribution in [0, 0.1) is 0 Å². The van der Waals surface area contributed by atoms with Crippen molar-refractivity contribution in [3.63, 3.8) is 0 Å². The number of thioether (sulfide) groups is 1. The number of para-hydroxylation sites is 1. The summed E-state index contributed by atoms with van der Waals surface area (Å²) in [5, 5.41) is 0. The van der Waals surface area contributed by atoms with Crippen LogP contribution in [0.5, 0.6) is 5.75 Å². The Kier molecular flexibility index (Phi) is 3.56. The summed E-state index contributed by atoms with van der Waals surface area (Å²) in [6, 6.07) is 15.9. The standard InChI is InChI=1S/C16H14O2S/c17-9-12-4-3-5-14(8-12)19-11-13-10-18-16-7-2-1-6-15(13)16/h1-9,13H,10-11H2. The van der Waals surface area contributed by atoms with Crippen LogP contribution in [-0.2, 0) is 0 Å². The number of aldehydes is 1. The van der Waals surface area contributed by atoms with E-state index in [4.69, 9.17) is 4.74 Å². The van der Waals surface area contributed by atoms with Crippen LogP contribution >= 0.6 is 11.8 Å². The van der Waals surface area contributed by atoms with Gasteiger partial charge in [0.2, 0.25) is 0 Å². The number of carbonyl (C=O) groups excluding carboxylic acids is 1. The van der Waals surface area contributed by atoms with E-state index in [-0.39, 0.29) is 0 Å². The number of rotatable bonds is 4. The first-order valence-electron chi connectivity index (χ1n) is 6.26. The Balaban J connectivity index is 1.69. The summed E-state index contributed by atoms with van der Waals surface area (Å²) in [5.74, 6) is 2.41. The summed E-state index contributed by atoms with van der Waals surface area (Å²) >= 11 is 1.77. The van der Waals surface area contributed by atoms with Crippen molar-refractivity contribution >= 4 is 18.0 Å². The summed E-state index contributed by atoms with van der Waals surface area (Å²) < 4.78 is 5.67. The van der Waals surface area contributed by atoms with E-state index in [0.29, 0.717) is 5.92 Å². The lowest BCUT2D eigenvalue weighted by Gasteiger charge is -2.08. The third-order valence-corrected chi connectivity index (χ3v) is 4.40. The van der Waals surface area contributed by atoms with Gasteiger partial charge in [-0.1, -0.05) is 30.3 Å². The van der Waals surface area contributed by atoms with Gasteiger partial charge >= 0.3 is 0 Å². The molecule has 0 spiro atoms. The number of fused-ring (bicyclic) bond motifs is 1. The van der Waals surface area contributed by atoms with Crippen LogP contribution < -0.4 is 4.74 Å². The molecule has 19 heavy (non-hydrogen) atoms. The minimum Gasteiger partial charge on any atom is -0.493 e. The van der Waals surface area contributed by atoms with E-state index in [2.05, 4.69) is 12.1 Å². The Hall–Kier alpha value is -1.74. The van der Waals surface area contributed by atoms with Gasteiger partial charge in [-0.2, -0.15) is 0 Å². The zero-order valence-corrected chi connectivity index (χ0v) is 11.2. The Morgan fingerprint density at radius 3 is 3.00 bits per heavy atom. The van der Waals surface area contributed by atoms with Gasteiger partial charge in [0.15, 0.2) is 0 Å². The van der Waals surface area contributed by atoms with Gasteiger partial charge in [-0.15, -0.1) is 11.8 Å². The molecule has 1 atom stereocenters. The van der Waals surface area contributed by atoms with Gasteiger partial charge in [-0.25, -0.2) is 0 Å². The molecule has 0 saturated carbocycles. The number of ether oxygens (including phenoxy) is 1. The highest BCUT2D eigenvalue weighted by atomic mass is 32.2. The number of carbonyl (C=O) groups is 1. The van der Waals surface area contributed by atoms with E-state index >= 15 is 0 Å². The third kappa shape index (κ3) is 2.66. The fourth-order valence-electron chi connectivity index (χ4n) is 2.24. The monoisotopic (exact) mass is 270 g/mol. The Morgan fingerprint density at radius 2 is 2.11 bits per heavy atom. The summed E-state index contributed by atoms with van der Waals surface area (Å²) in [4.78, 5) is 11.9. The zero-order valence-electron chi connectivity index (χ0n) is 10.4. The van der Waals surface area contributed by atoms with Gasteiger partial charge in [-0.05, 0) is 18.2 Å². The minimum absolute atomic E-state index is 0.432. The lowest BCUT2D eigenvalue weighted by atomic mass is 10.0. The van der Waals surface area contributed by atoms with Gasteiger partial charge < -0.3 is 4.74 Å². The van der Waals surface area contributed by atoms with Crippen molar-refractivity contribution in [3.05, 3.63) is 59.7 Å². The molecule has 3 heteroatoms. The van der Waals surface area contributed by atoms with Crippen LogP contribution in [-0.4, -0.2) is 18.6 Å².